The standard InChI is InChI=1S/C18H28N4O5/c1-10(19)16(25)22-8-4-6-18(22)14(24)15(18)27-9-12(20)17(26)21-7-3-5-13(21)11(2)23/h10,12-13,15H,3-9,19-20H2,1-2H3/t10-,12-,13-,15+,18+/m0/s1. The molecule has 27 heavy (non-hydrogen) atoms. The number of rotatable bonds is 6. The van der Waals surface area contributed by atoms with Crippen LogP contribution in [0.5, 0.6) is 0 Å². The van der Waals surface area contributed by atoms with Crippen LogP contribution in [0, 0.1) is 0 Å². The second kappa shape index (κ2) is 7.29. The minimum absolute atomic E-state index is 0.0543. The highest BCUT2D eigenvalue weighted by molar-refractivity contribution is 6.14. The molecular weight excluding hydrogens is 352 g/mol. The number of hydrogen-bond acceptors (Lipinski definition) is 7. The van der Waals surface area contributed by atoms with Crippen molar-refractivity contribution in [1.82, 2.24) is 9.80 Å². The van der Waals surface area contributed by atoms with Crippen molar-refractivity contribution in [2.75, 3.05) is 19.7 Å². The number of amides is 2. The summed E-state index contributed by atoms with van der Waals surface area (Å²) in [6.45, 7) is 3.91. The Balaban J connectivity index is 1.59. The van der Waals surface area contributed by atoms with Gasteiger partial charge in [0.25, 0.3) is 0 Å². The van der Waals surface area contributed by atoms with E-state index in [1.54, 1.807) is 6.92 Å². The number of carbonyl (C=O) groups is 4. The summed E-state index contributed by atoms with van der Waals surface area (Å²) in [6.07, 6.45) is 1.90. The lowest BCUT2D eigenvalue weighted by atomic mass is 10.1. The summed E-state index contributed by atoms with van der Waals surface area (Å²) in [6, 6.07) is -2.06. The molecule has 3 aliphatic rings. The van der Waals surface area contributed by atoms with Crippen molar-refractivity contribution in [2.45, 2.75) is 69.3 Å². The Kier molecular flexibility index (Phi) is 5.38. The zero-order chi connectivity index (χ0) is 19.9. The van der Waals surface area contributed by atoms with Gasteiger partial charge in [0.2, 0.25) is 11.8 Å². The average molecular weight is 380 g/mol. The van der Waals surface area contributed by atoms with Crippen molar-refractivity contribution in [2.24, 2.45) is 11.5 Å². The molecule has 9 heteroatoms. The molecule has 3 fully saturated rings. The minimum atomic E-state index is -0.950. The van der Waals surface area contributed by atoms with Gasteiger partial charge in [-0.15, -0.1) is 0 Å². The Morgan fingerprint density at radius 3 is 2.56 bits per heavy atom. The van der Waals surface area contributed by atoms with Gasteiger partial charge in [0, 0.05) is 13.1 Å². The third-order valence-electron chi connectivity index (χ3n) is 5.86. The Morgan fingerprint density at radius 2 is 1.93 bits per heavy atom. The van der Waals surface area contributed by atoms with Gasteiger partial charge in [0.1, 0.15) is 17.7 Å². The molecule has 0 aromatic heterocycles. The van der Waals surface area contributed by atoms with Crippen LogP contribution in [0.4, 0.5) is 0 Å². The van der Waals surface area contributed by atoms with E-state index in [0.29, 0.717) is 32.4 Å². The van der Waals surface area contributed by atoms with Gasteiger partial charge < -0.3 is 26.0 Å². The van der Waals surface area contributed by atoms with Crippen molar-refractivity contribution in [3.63, 3.8) is 0 Å². The molecule has 0 bridgehead atoms. The zero-order valence-electron chi connectivity index (χ0n) is 15.8. The highest BCUT2D eigenvalue weighted by Crippen LogP contribution is 2.48. The molecule has 2 saturated heterocycles. The Morgan fingerprint density at radius 1 is 1.22 bits per heavy atom. The maximum atomic E-state index is 12.6. The first kappa shape index (κ1) is 19.9. The minimum Gasteiger partial charge on any atom is -0.365 e. The molecule has 0 aromatic rings. The van der Waals surface area contributed by atoms with Crippen molar-refractivity contribution in [1.29, 1.82) is 0 Å². The van der Waals surface area contributed by atoms with Crippen molar-refractivity contribution >= 4 is 23.4 Å². The highest BCUT2D eigenvalue weighted by Gasteiger charge is 2.72. The van der Waals surface area contributed by atoms with Gasteiger partial charge in [-0.3, -0.25) is 19.2 Å². The van der Waals surface area contributed by atoms with E-state index in [1.807, 2.05) is 0 Å². The van der Waals surface area contributed by atoms with Crippen molar-refractivity contribution < 1.29 is 23.9 Å². The van der Waals surface area contributed by atoms with E-state index >= 15 is 0 Å². The molecule has 3 rings (SSSR count). The number of nitrogens with zero attached hydrogens (tertiary/aromatic N) is 2. The first-order valence-electron chi connectivity index (χ1n) is 9.51. The molecule has 1 spiro atoms. The summed E-state index contributed by atoms with van der Waals surface area (Å²) in [7, 11) is 0. The number of likely N-dealkylation sites (tertiary alicyclic amines) is 2. The summed E-state index contributed by atoms with van der Waals surface area (Å²) in [5.74, 6) is -0.823. The summed E-state index contributed by atoms with van der Waals surface area (Å²) in [4.78, 5) is 51.9. The van der Waals surface area contributed by atoms with Crippen LogP contribution >= 0.6 is 0 Å². The Hall–Kier alpha value is -1.84. The van der Waals surface area contributed by atoms with Crippen LogP contribution in [0.3, 0.4) is 0 Å². The lowest BCUT2D eigenvalue weighted by molar-refractivity contribution is -0.139. The maximum absolute atomic E-state index is 12.6. The number of Topliss-reactive ketones (excluding diaryl/α,β-unsaturated/α-hetero) is 2. The normalized spacial score (nSPS) is 32.1. The van der Waals surface area contributed by atoms with E-state index in [1.165, 1.54) is 16.7 Å². The first-order valence-corrected chi connectivity index (χ1v) is 9.51. The molecule has 5 atom stereocenters. The summed E-state index contributed by atoms with van der Waals surface area (Å²) in [5, 5.41) is 0. The van der Waals surface area contributed by atoms with Crippen LogP contribution in [-0.4, -0.2) is 82.6 Å². The second-order valence-electron chi connectivity index (χ2n) is 7.79. The molecule has 1 saturated carbocycles. The number of nitrogens with two attached hydrogens (primary N) is 2. The van der Waals surface area contributed by atoms with Crippen LogP contribution in [0.2, 0.25) is 0 Å². The summed E-state index contributed by atoms with van der Waals surface area (Å²) < 4.78 is 5.66. The van der Waals surface area contributed by atoms with Crippen LogP contribution in [0.25, 0.3) is 0 Å². The maximum Gasteiger partial charge on any atom is 0.242 e. The quantitative estimate of drug-likeness (QED) is 0.576. The lowest BCUT2D eigenvalue weighted by Gasteiger charge is -2.27. The Labute approximate surface area is 158 Å². The third kappa shape index (κ3) is 3.28. The summed E-state index contributed by atoms with van der Waals surface area (Å²) >= 11 is 0. The van der Waals surface area contributed by atoms with Crippen molar-refractivity contribution in [3.05, 3.63) is 0 Å². The van der Waals surface area contributed by atoms with Gasteiger partial charge >= 0.3 is 0 Å². The zero-order valence-corrected chi connectivity index (χ0v) is 15.8. The van der Waals surface area contributed by atoms with E-state index in [4.69, 9.17) is 16.2 Å². The molecule has 2 amide bonds. The van der Waals surface area contributed by atoms with Gasteiger partial charge in [0.05, 0.1) is 18.7 Å². The molecule has 2 heterocycles. The van der Waals surface area contributed by atoms with Crippen LogP contribution in [0.1, 0.15) is 39.5 Å². The lowest BCUT2D eigenvalue weighted by Crippen LogP contribution is -2.50. The number of ether oxygens (including phenoxy) is 1. The van der Waals surface area contributed by atoms with Crippen molar-refractivity contribution in [3.8, 4) is 0 Å². The smallest absolute Gasteiger partial charge is 0.242 e. The SMILES string of the molecule is CC(=O)[C@@H]1CCCN1C(=O)[C@@H](N)CO[C@@H]1C(=O)[C@]12CCCN2C(=O)[C@H](C)N. The molecule has 2 aliphatic heterocycles. The molecule has 9 nitrogen and oxygen atoms in total. The number of hydrogen-bond donors (Lipinski definition) is 2. The van der Waals surface area contributed by atoms with E-state index in [9.17, 15) is 19.2 Å². The van der Waals surface area contributed by atoms with E-state index in [-0.39, 0.29) is 30.0 Å². The van der Waals surface area contributed by atoms with Crippen LogP contribution in [-0.2, 0) is 23.9 Å². The molecule has 0 aromatic carbocycles. The molecule has 150 valence electrons. The van der Waals surface area contributed by atoms with E-state index in [0.717, 1.165) is 6.42 Å². The van der Waals surface area contributed by atoms with Gasteiger partial charge in [-0.05, 0) is 39.5 Å². The fourth-order valence-corrected chi connectivity index (χ4v) is 4.38. The topological polar surface area (TPSA) is 136 Å². The highest BCUT2D eigenvalue weighted by atomic mass is 16.5. The Bertz CT molecular complexity index is 666. The van der Waals surface area contributed by atoms with Crippen LogP contribution < -0.4 is 11.5 Å². The van der Waals surface area contributed by atoms with Crippen LogP contribution in [0.15, 0.2) is 0 Å². The molecule has 1 aliphatic carbocycles. The predicted octanol–water partition coefficient (Wildman–Crippen LogP) is -1.43. The molecule has 0 unspecified atom stereocenters. The molecule has 4 N–H and O–H groups in total. The number of ketones is 2. The first-order chi connectivity index (χ1) is 12.7. The summed E-state index contributed by atoms with van der Waals surface area (Å²) in [5.41, 5.74) is 10.7. The van der Waals surface area contributed by atoms with Gasteiger partial charge in [-0.25, -0.2) is 0 Å². The van der Waals surface area contributed by atoms with Gasteiger partial charge in [-0.2, -0.15) is 0 Å². The average Bonchev–Trinajstić information content (AvgIpc) is 3.06. The van der Waals surface area contributed by atoms with Gasteiger partial charge in [0.15, 0.2) is 11.6 Å². The van der Waals surface area contributed by atoms with Gasteiger partial charge in [-0.1, -0.05) is 0 Å². The third-order valence-corrected chi connectivity index (χ3v) is 5.86. The predicted molar refractivity (Wildman–Crippen MR) is 95.5 cm³/mol. The molecular formula is C18H28N4O5. The number of carbonyl (C=O) groups excluding carboxylic acids is 4. The second-order valence-corrected chi connectivity index (χ2v) is 7.79. The van der Waals surface area contributed by atoms with E-state index < -0.39 is 29.8 Å². The largest absolute Gasteiger partial charge is 0.365 e. The monoisotopic (exact) mass is 380 g/mol. The van der Waals surface area contributed by atoms with E-state index in [2.05, 4.69) is 0 Å². The fraction of sp³-hybridized carbons (Fsp3) is 0.778. The fourth-order valence-electron chi connectivity index (χ4n) is 4.38. The molecule has 0 radical (unpaired) electrons.